The molecule has 1 aliphatic heterocycles. The third-order valence-electron chi connectivity index (χ3n) is 4.49. The second-order valence-electron chi connectivity index (χ2n) is 6.99. The summed E-state index contributed by atoms with van der Waals surface area (Å²) in [7, 11) is 1.29. The third-order valence-corrected chi connectivity index (χ3v) is 4.49. The maximum absolute atomic E-state index is 12.8. The van der Waals surface area contributed by atoms with Gasteiger partial charge in [-0.2, -0.15) is 0 Å². The molecule has 1 aromatic rings. The summed E-state index contributed by atoms with van der Waals surface area (Å²) in [5.41, 5.74) is 7.38. The normalized spacial score (nSPS) is 22.8. The zero-order valence-electron chi connectivity index (χ0n) is 14.1. The van der Waals surface area contributed by atoms with Gasteiger partial charge in [-0.05, 0) is 11.0 Å². The van der Waals surface area contributed by atoms with E-state index in [1.54, 1.807) is 0 Å². The molecule has 0 saturated heterocycles. The quantitative estimate of drug-likeness (QED) is 0.845. The Morgan fingerprint density at radius 1 is 1.25 bits per heavy atom. The van der Waals surface area contributed by atoms with Crippen LogP contribution >= 0.6 is 0 Å². The highest BCUT2D eigenvalue weighted by molar-refractivity contribution is 6.03. The summed E-state index contributed by atoms with van der Waals surface area (Å²) in [5.74, 6) is -0.559. The molecule has 1 heterocycles. The molecule has 24 heavy (non-hydrogen) atoms. The van der Waals surface area contributed by atoms with Gasteiger partial charge in [-0.1, -0.05) is 44.2 Å². The van der Waals surface area contributed by atoms with Crippen molar-refractivity contribution >= 4 is 11.8 Å². The Morgan fingerprint density at radius 2 is 1.92 bits per heavy atom. The maximum atomic E-state index is 12.8. The first-order valence-corrected chi connectivity index (χ1v) is 7.91. The number of carbonyl (C=O) groups is 2. The first-order chi connectivity index (χ1) is 11.3. The van der Waals surface area contributed by atoms with Crippen molar-refractivity contribution in [2.24, 2.45) is 11.1 Å². The second kappa shape index (κ2) is 5.82. The lowest BCUT2D eigenvalue weighted by Gasteiger charge is -2.37. The topological polar surface area (TPSA) is 78.6 Å². The van der Waals surface area contributed by atoms with E-state index in [0.29, 0.717) is 24.2 Å². The molecule has 5 heteroatoms. The van der Waals surface area contributed by atoms with E-state index in [9.17, 15) is 9.59 Å². The van der Waals surface area contributed by atoms with Crippen LogP contribution in [0.5, 0.6) is 0 Å². The van der Waals surface area contributed by atoms with E-state index in [1.165, 1.54) is 7.11 Å². The molecule has 5 nitrogen and oxygen atoms in total. The highest BCUT2D eigenvalue weighted by Crippen LogP contribution is 2.48. The van der Waals surface area contributed by atoms with Crippen LogP contribution in [0.2, 0.25) is 0 Å². The lowest BCUT2D eigenvalue weighted by atomic mass is 9.70. The molecule has 0 saturated carbocycles. The number of nitrogens with two attached hydrogens (primary N) is 1. The smallest absolute Gasteiger partial charge is 0.340 e. The van der Waals surface area contributed by atoms with Gasteiger partial charge in [-0.25, -0.2) is 4.79 Å². The van der Waals surface area contributed by atoms with Crippen LogP contribution in [0.25, 0.3) is 0 Å². The van der Waals surface area contributed by atoms with Gasteiger partial charge in [0.05, 0.1) is 13.0 Å². The van der Waals surface area contributed by atoms with Gasteiger partial charge in [0, 0.05) is 18.4 Å². The van der Waals surface area contributed by atoms with E-state index in [-0.39, 0.29) is 22.7 Å². The minimum absolute atomic E-state index is 0.0102. The van der Waals surface area contributed by atoms with Gasteiger partial charge < -0.3 is 15.2 Å². The van der Waals surface area contributed by atoms with Gasteiger partial charge in [0.15, 0.2) is 5.78 Å². The Morgan fingerprint density at radius 3 is 2.54 bits per heavy atom. The Kier molecular flexibility index (Phi) is 3.95. The van der Waals surface area contributed by atoms with E-state index in [0.717, 1.165) is 5.56 Å². The first-order valence-electron chi connectivity index (χ1n) is 7.91. The average molecular weight is 327 g/mol. The van der Waals surface area contributed by atoms with Gasteiger partial charge in [0.1, 0.15) is 11.3 Å². The van der Waals surface area contributed by atoms with Crippen molar-refractivity contribution in [3.8, 4) is 0 Å². The molecular weight excluding hydrogens is 306 g/mol. The number of hydrogen-bond donors (Lipinski definition) is 1. The molecular formula is C19H21NO4. The van der Waals surface area contributed by atoms with Crippen LogP contribution in [0.1, 0.15) is 38.2 Å². The van der Waals surface area contributed by atoms with Crippen LogP contribution in [-0.2, 0) is 19.1 Å². The summed E-state index contributed by atoms with van der Waals surface area (Å²) < 4.78 is 10.6. The lowest BCUT2D eigenvalue weighted by Crippen LogP contribution is -2.35. The molecule has 1 atom stereocenters. The summed E-state index contributed by atoms with van der Waals surface area (Å²) in [6.07, 6.45) is 1.01. The van der Waals surface area contributed by atoms with Crippen LogP contribution in [-0.4, -0.2) is 18.9 Å². The van der Waals surface area contributed by atoms with Gasteiger partial charge in [-0.3, -0.25) is 4.79 Å². The van der Waals surface area contributed by atoms with Crippen LogP contribution in [0, 0.1) is 5.41 Å². The number of esters is 1. The van der Waals surface area contributed by atoms with Gasteiger partial charge in [0.2, 0.25) is 5.88 Å². The largest absolute Gasteiger partial charge is 0.465 e. The predicted molar refractivity (Wildman–Crippen MR) is 88.5 cm³/mol. The highest BCUT2D eigenvalue weighted by atomic mass is 16.5. The van der Waals surface area contributed by atoms with Crippen molar-refractivity contribution in [1.82, 2.24) is 0 Å². The van der Waals surface area contributed by atoms with Crippen molar-refractivity contribution in [2.45, 2.75) is 32.6 Å². The number of allylic oxidation sites excluding steroid dienone is 2. The van der Waals surface area contributed by atoms with Gasteiger partial charge in [0.25, 0.3) is 0 Å². The molecule has 0 spiro atoms. The Hall–Kier alpha value is -2.56. The van der Waals surface area contributed by atoms with Gasteiger partial charge >= 0.3 is 5.97 Å². The van der Waals surface area contributed by atoms with E-state index < -0.39 is 11.9 Å². The SMILES string of the molecule is COC(=O)C1=C(N)OC2=C(C(=O)CC(C)(C)C2)[C@@H]1c1ccccc1. The summed E-state index contributed by atoms with van der Waals surface area (Å²) in [4.78, 5) is 25.1. The zero-order valence-corrected chi connectivity index (χ0v) is 14.1. The number of ether oxygens (including phenoxy) is 2. The summed E-state index contributed by atoms with van der Waals surface area (Å²) in [6.45, 7) is 4.04. The standard InChI is InChI=1S/C19H21NO4/c1-19(2)9-12(21)15-13(10-19)24-17(20)16(18(22)23-3)14(15)11-7-5-4-6-8-11/h4-8,14H,9-10,20H2,1-3H3/t14-/m0/s1. The third kappa shape index (κ3) is 2.70. The summed E-state index contributed by atoms with van der Waals surface area (Å²) >= 11 is 0. The maximum Gasteiger partial charge on any atom is 0.340 e. The predicted octanol–water partition coefficient (Wildman–Crippen LogP) is 2.79. The number of methoxy groups -OCH3 is 1. The fourth-order valence-electron chi connectivity index (χ4n) is 3.47. The fourth-order valence-corrected chi connectivity index (χ4v) is 3.47. The van der Waals surface area contributed by atoms with Crippen LogP contribution in [0.4, 0.5) is 0 Å². The number of hydrogen-bond acceptors (Lipinski definition) is 5. The van der Waals surface area contributed by atoms with E-state index in [2.05, 4.69) is 0 Å². The molecule has 2 aliphatic rings. The molecule has 0 bridgehead atoms. The van der Waals surface area contributed by atoms with Crippen molar-refractivity contribution in [3.05, 3.63) is 58.7 Å². The first kappa shape index (κ1) is 16.3. The molecule has 3 rings (SSSR count). The second-order valence-corrected chi connectivity index (χ2v) is 6.99. The van der Waals surface area contributed by atoms with E-state index in [4.69, 9.17) is 15.2 Å². The fraction of sp³-hybridized carbons (Fsp3) is 0.368. The number of rotatable bonds is 2. The number of carbonyl (C=O) groups excluding carboxylic acids is 2. The van der Waals surface area contributed by atoms with Crippen LogP contribution < -0.4 is 5.73 Å². The van der Waals surface area contributed by atoms with Crippen LogP contribution in [0.15, 0.2) is 53.1 Å². The average Bonchev–Trinajstić information content (AvgIpc) is 2.52. The van der Waals surface area contributed by atoms with Crippen molar-refractivity contribution in [2.75, 3.05) is 7.11 Å². The van der Waals surface area contributed by atoms with E-state index in [1.807, 2.05) is 44.2 Å². The minimum atomic E-state index is -0.578. The van der Waals surface area contributed by atoms with E-state index >= 15 is 0 Å². The van der Waals surface area contributed by atoms with Crippen molar-refractivity contribution < 1.29 is 19.1 Å². The molecule has 0 fully saturated rings. The molecule has 0 aromatic heterocycles. The minimum Gasteiger partial charge on any atom is -0.465 e. The molecule has 1 aromatic carbocycles. The Bertz CT molecular complexity index is 759. The highest BCUT2D eigenvalue weighted by Gasteiger charge is 2.44. The molecule has 2 N–H and O–H groups in total. The molecule has 1 aliphatic carbocycles. The Balaban J connectivity index is 2.19. The number of ketones is 1. The monoisotopic (exact) mass is 327 g/mol. The number of benzene rings is 1. The molecule has 0 amide bonds. The summed E-state index contributed by atoms with van der Waals surface area (Å²) in [5, 5.41) is 0. The molecule has 0 radical (unpaired) electrons. The molecule has 126 valence electrons. The van der Waals surface area contributed by atoms with Crippen molar-refractivity contribution in [1.29, 1.82) is 0 Å². The van der Waals surface area contributed by atoms with Gasteiger partial charge in [-0.15, -0.1) is 0 Å². The lowest BCUT2D eigenvalue weighted by molar-refractivity contribution is -0.136. The summed E-state index contributed by atoms with van der Waals surface area (Å²) in [6, 6.07) is 9.38. The Labute approximate surface area is 141 Å². The number of Topliss-reactive ketones (excluding diaryl/α,β-unsaturated/α-hetero) is 1. The zero-order chi connectivity index (χ0) is 17.5. The van der Waals surface area contributed by atoms with Crippen molar-refractivity contribution in [3.63, 3.8) is 0 Å². The molecule has 0 unspecified atom stereocenters. The van der Waals surface area contributed by atoms with Crippen LogP contribution in [0.3, 0.4) is 0 Å².